The summed E-state index contributed by atoms with van der Waals surface area (Å²) in [7, 11) is 1.69. The molecule has 0 spiro atoms. The lowest BCUT2D eigenvalue weighted by Crippen LogP contribution is -2.01. The molecule has 0 aliphatic heterocycles. The summed E-state index contributed by atoms with van der Waals surface area (Å²) in [6.45, 7) is 0. The number of hydrogen-bond acceptors (Lipinski definition) is 1. The van der Waals surface area contributed by atoms with Crippen molar-refractivity contribution in [1.82, 2.24) is 0 Å². The Hall–Kier alpha value is -1.42. The highest BCUT2D eigenvalue weighted by Crippen LogP contribution is 2.26. The molecule has 0 fully saturated rings. The second kappa shape index (κ2) is 2.91. The van der Waals surface area contributed by atoms with Crippen LogP contribution in [0.1, 0.15) is 17.9 Å². The van der Waals surface area contributed by atoms with Gasteiger partial charge in [0.25, 0.3) is 0 Å². The quantitative estimate of drug-likeness (QED) is 0.599. The highest BCUT2D eigenvalue weighted by Gasteiger charge is 2.12. The molecule has 1 nitrogen and oxygen atoms in total. The fourth-order valence-electron chi connectivity index (χ4n) is 1.26. The molecule has 1 aromatic rings. The van der Waals surface area contributed by atoms with E-state index in [1.807, 2.05) is 12.1 Å². The largest absolute Gasteiger partial charge is 0.497 e. The average Bonchev–Trinajstić information content (AvgIpc) is 2.02. The molecule has 0 bridgehead atoms. The van der Waals surface area contributed by atoms with Crippen molar-refractivity contribution >= 4 is 0 Å². The smallest absolute Gasteiger partial charge is 0.119 e. The molecule has 1 unspecified atom stereocenters. The van der Waals surface area contributed by atoms with Gasteiger partial charge in [-0.3, -0.25) is 0 Å². The molecule has 0 saturated heterocycles. The van der Waals surface area contributed by atoms with Gasteiger partial charge < -0.3 is 4.74 Å². The summed E-state index contributed by atoms with van der Waals surface area (Å²) in [4.78, 5) is 0. The normalized spacial score (nSPS) is 18.9. The van der Waals surface area contributed by atoms with Crippen molar-refractivity contribution in [3.63, 3.8) is 0 Å². The van der Waals surface area contributed by atoms with Crippen molar-refractivity contribution in [2.24, 2.45) is 0 Å². The summed E-state index contributed by atoms with van der Waals surface area (Å²) in [5.41, 5.74) is 1.27. The molecule has 1 aromatic carbocycles. The van der Waals surface area contributed by atoms with Crippen LogP contribution in [0.15, 0.2) is 24.3 Å². The van der Waals surface area contributed by atoms with Gasteiger partial charge in [-0.2, -0.15) is 0 Å². The van der Waals surface area contributed by atoms with Gasteiger partial charge in [0.2, 0.25) is 0 Å². The Kier molecular flexibility index (Phi) is 1.75. The van der Waals surface area contributed by atoms with E-state index in [1.165, 1.54) is 5.56 Å². The molecular formula is C11H10O. The van der Waals surface area contributed by atoms with Crippen molar-refractivity contribution in [3.05, 3.63) is 29.8 Å². The minimum absolute atomic E-state index is 0.445. The van der Waals surface area contributed by atoms with Gasteiger partial charge in [-0.25, -0.2) is 0 Å². The van der Waals surface area contributed by atoms with Crippen molar-refractivity contribution in [2.75, 3.05) is 7.11 Å². The van der Waals surface area contributed by atoms with E-state index in [9.17, 15) is 0 Å². The first-order chi connectivity index (χ1) is 5.90. The zero-order chi connectivity index (χ0) is 8.39. The van der Waals surface area contributed by atoms with E-state index in [1.54, 1.807) is 7.11 Å². The Morgan fingerprint density at radius 2 is 2.33 bits per heavy atom. The summed E-state index contributed by atoms with van der Waals surface area (Å²) < 4.78 is 5.13. The molecule has 0 N–H and O–H groups in total. The summed E-state index contributed by atoms with van der Waals surface area (Å²) in [6.07, 6.45) is 0.993. The van der Waals surface area contributed by atoms with Crippen LogP contribution in [0.25, 0.3) is 0 Å². The number of ether oxygens (including phenoxy) is 1. The highest BCUT2D eigenvalue weighted by atomic mass is 16.5. The van der Waals surface area contributed by atoms with Crippen molar-refractivity contribution in [3.8, 4) is 17.6 Å². The SMILES string of the molecule is COc1cccc(C2C#CC2)c1. The van der Waals surface area contributed by atoms with E-state index in [0.717, 1.165) is 12.2 Å². The zero-order valence-corrected chi connectivity index (χ0v) is 7.00. The Labute approximate surface area is 72.4 Å². The first-order valence-corrected chi connectivity index (χ1v) is 4.02. The maximum atomic E-state index is 5.13. The molecule has 0 saturated carbocycles. The lowest BCUT2D eigenvalue weighted by Gasteiger charge is -2.13. The van der Waals surface area contributed by atoms with Crippen LogP contribution in [0.5, 0.6) is 5.75 Å². The standard InChI is InChI=1S/C11H10O/c1-12-11-7-3-6-10(8-11)9-4-2-5-9/h3,6-9H,4H2,1H3. The van der Waals surface area contributed by atoms with Crippen LogP contribution in [0.3, 0.4) is 0 Å². The van der Waals surface area contributed by atoms with Gasteiger partial charge in [-0.1, -0.05) is 18.1 Å². The van der Waals surface area contributed by atoms with Gasteiger partial charge in [-0.15, -0.1) is 5.92 Å². The van der Waals surface area contributed by atoms with Crippen LogP contribution in [-0.2, 0) is 0 Å². The minimum Gasteiger partial charge on any atom is -0.497 e. The highest BCUT2D eigenvalue weighted by molar-refractivity contribution is 5.39. The Morgan fingerprint density at radius 1 is 1.50 bits per heavy atom. The van der Waals surface area contributed by atoms with Crippen LogP contribution >= 0.6 is 0 Å². The second-order valence-corrected chi connectivity index (χ2v) is 2.85. The number of methoxy groups -OCH3 is 1. The molecule has 1 aliphatic rings. The number of hydrogen-bond donors (Lipinski definition) is 0. The van der Waals surface area contributed by atoms with Crippen LogP contribution in [0.4, 0.5) is 0 Å². The molecular weight excluding hydrogens is 148 g/mol. The maximum absolute atomic E-state index is 5.13. The molecule has 1 atom stereocenters. The fourth-order valence-corrected chi connectivity index (χ4v) is 1.26. The molecule has 12 heavy (non-hydrogen) atoms. The van der Waals surface area contributed by atoms with E-state index in [2.05, 4.69) is 24.0 Å². The molecule has 0 amide bonds. The topological polar surface area (TPSA) is 9.23 Å². The van der Waals surface area contributed by atoms with E-state index in [-0.39, 0.29) is 0 Å². The Balaban J connectivity index is 2.28. The predicted octanol–water partition coefficient (Wildman–Crippen LogP) is 2.19. The second-order valence-electron chi connectivity index (χ2n) is 2.85. The average molecular weight is 158 g/mol. The van der Waals surface area contributed by atoms with Crippen LogP contribution in [0.2, 0.25) is 0 Å². The first kappa shape index (κ1) is 7.24. The van der Waals surface area contributed by atoms with Crippen molar-refractivity contribution in [1.29, 1.82) is 0 Å². The van der Waals surface area contributed by atoms with E-state index in [0.29, 0.717) is 5.92 Å². The van der Waals surface area contributed by atoms with Crippen LogP contribution in [0, 0.1) is 11.8 Å². The molecule has 2 rings (SSSR count). The molecule has 0 heterocycles. The van der Waals surface area contributed by atoms with Gasteiger partial charge >= 0.3 is 0 Å². The fraction of sp³-hybridized carbons (Fsp3) is 0.273. The Morgan fingerprint density at radius 3 is 2.92 bits per heavy atom. The molecule has 0 radical (unpaired) electrons. The van der Waals surface area contributed by atoms with Gasteiger partial charge in [0.15, 0.2) is 0 Å². The third-order valence-corrected chi connectivity index (χ3v) is 2.08. The predicted molar refractivity (Wildman–Crippen MR) is 48.1 cm³/mol. The summed E-state index contributed by atoms with van der Waals surface area (Å²) in [5.74, 6) is 7.48. The zero-order valence-electron chi connectivity index (χ0n) is 7.00. The van der Waals surface area contributed by atoms with E-state index in [4.69, 9.17) is 4.74 Å². The number of benzene rings is 1. The van der Waals surface area contributed by atoms with Crippen molar-refractivity contribution in [2.45, 2.75) is 12.3 Å². The van der Waals surface area contributed by atoms with Gasteiger partial charge in [-0.05, 0) is 17.7 Å². The monoisotopic (exact) mass is 158 g/mol. The summed E-state index contributed by atoms with van der Waals surface area (Å²) >= 11 is 0. The van der Waals surface area contributed by atoms with Crippen LogP contribution in [-0.4, -0.2) is 7.11 Å². The van der Waals surface area contributed by atoms with Gasteiger partial charge in [0, 0.05) is 6.42 Å². The van der Waals surface area contributed by atoms with E-state index >= 15 is 0 Å². The third-order valence-electron chi connectivity index (χ3n) is 2.08. The first-order valence-electron chi connectivity index (χ1n) is 4.02. The molecule has 1 heteroatoms. The third kappa shape index (κ3) is 1.16. The van der Waals surface area contributed by atoms with Gasteiger partial charge in [0.05, 0.1) is 13.0 Å². The Bertz CT molecular complexity index is 344. The number of rotatable bonds is 2. The molecule has 60 valence electrons. The van der Waals surface area contributed by atoms with Crippen LogP contribution < -0.4 is 4.74 Å². The maximum Gasteiger partial charge on any atom is 0.119 e. The summed E-state index contributed by atoms with van der Waals surface area (Å²) in [6, 6.07) is 8.11. The summed E-state index contributed by atoms with van der Waals surface area (Å²) in [5, 5.41) is 0. The minimum atomic E-state index is 0.445. The van der Waals surface area contributed by atoms with Gasteiger partial charge in [0.1, 0.15) is 5.75 Å². The lowest BCUT2D eigenvalue weighted by molar-refractivity contribution is 0.414. The van der Waals surface area contributed by atoms with E-state index < -0.39 is 0 Å². The molecule has 1 aliphatic carbocycles. The molecule has 0 aromatic heterocycles. The van der Waals surface area contributed by atoms with Crippen molar-refractivity contribution < 1.29 is 4.74 Å². The lowest BCUT2D eigenvalue weighted by atomic mass is 9.91.